The van der Waals surface area contributed by atoms with Crippen LogP contribution in [0.5, 0.6) is 0 Å². The van der Waals surface area contributed by atoms with Crippen LogP contribution in [-0.4, -0.2) is 56.4 Å². The number of hydrogen-bond acceptors (Lipinski definition) is 5. The fourth-order valence-corrected chi connectivity index (χ4v) is 2.26. The van der Waals surface area contributed by atoms with Gasteiger partial charge in [0.2, 0.25) is 0 Å². The Kier molecular flexibility index (Phi) is 4.39. The Hall–Kier alpha value is -1.89. The summed E-state index contributed by atoms with van der Waals surface area (Å²) in [6.07, 6.45) is 1.50. The van der Waals surface area contributed by atoms with Gasteiger partial charge in [0.05, 0.1) is 30.1 Å². The Balaban J connectivity index is 2.15. The number of β-amino-alcohol motifs (C(OH)–C–C–N with tert-alkyl or cyclic N) is 1. The zero-order chi connectivity index (χ0) is 14.7. The zero-order valence-electron chi connectivity index (χ0n) is 11.7. The Morgan fingerprint density at radius 1 is 1.45 bits per heavy atom. The molecule has 7 nitrogen and oxygen atoms in total. The highest BCUT2D eigenvalue weighted by Gasteiger charge is 2.34. The van der Waals surface area contributed by atoms with Gasteiger partial charge in [-0.3, -0.25) is 4.98 Å². The first-order valence-corrected chi connectivity index (χ1v) is 6.82. The highest BCUT2D eigenvalue weighted by molar-refractivity contribution is 5.65. The predicted octanol–water partition coefficient (Wildman–Crippen LogP) is 0.736. The van der Waals surface area contributed by atoms with Crippen LogP contribution in [0.25, 0.3) is 0 Å². The van der Waals surface area contributed by atoms with Gasteiger partial charge in [0.15, 0.2) is 0 Å². The molecule has 0 aromatic carbocycles. The third-order valence-electron chi connectivity index (χ3n) is 3.48. The predicted molar refractivity (Wildman–Crippen MR) is 73.8 cm³/mol. The van der Waals surface area contributed by atoms with Crippen molar-refractivity contribution < 1.29 is 15.0 Å². The van der Waals surface area contributed by atoms with Crippen molar-refractivity contribution >= 4 is 11.9 Å². The maximum atomic E-state index is 10.9. The second-order valence-electron chi connectivity index (χ2n) is 4.87. The molecule has 1 fully saturated rings. The molecular weight excluding hydrogens is 260 g/mol. The third-order valence-corrected chi connectivity index (χ3v) is 3.48. The number of aryl methyl sites for hydroxylation is 2. The number of nitrogens with one attached hydrogen (secondary N) is 1. The van der Waals surface area contributed by atoms with E-state index in [-0.39, 0.29) is 19.1 Å². The lowest BCUT2D eigenvalue weighted by molar-refractivity contribution is 0.139. The van der Waals surface area contributed by atoms with Crippen LogP contribution in [0, 0.1) is 0 Å². The van der Waals surface area contributed by atoms with Gasteiger partial charge < -0.3 is 20.4 Å². The lowest BCUT2D eigenvalue weighted by atomic mass is 10.2. The number of carboxylic acid groups (broad SMARTS) is 1. The van der Waals surface area contributed by atoms with Crippen LogP contribution in [0.4, 0.5) is 10.6 Å². The van der Waals surface area contributed by atoms with Gasteiger partial charge in [-0.1, -0.05) is 13.8 Å². The van der Waals surface area contributed by atoms with Gasteiger partial charge in [0.25, 0.3) is 0 Å². The summed E-state index contributed by atoms with van der Waals surface area (Å²) in [5.74, 6) is 0.642. The Morgan fingerprint density at radius 2 is 2.20 bits per heavy atom. The second kappa shape index (κ2) is 6.04. The highest BCUT2D eigenvalue weighted by atomic mass is 16.4. The molecular formula is C13H20N4O3. The van der Waals surface area contributed by atoms with Gasteiger partial charge in [0, 0.05) is 12.7 Å². The maximum absolute atomic E-state index is 10.9. The van der Waals surface area contributed by atoms with E-state index < -0.39 is 12.2 Å². The Bertz CT molecular complexity index is 495. The molecule has 110 valence electrons. The standard InChI is InChI=1S/C13H20N4O3/c1-3-8-5-14-9(4-2)12(15-8)16-10-6-17(13(19)20)7-11(10)18/h5,10-11,18H,3-4,6-7H2,1-2H3,(H,15,16)(H,19,20)/t10-,11-/m1/s1. The summed E-state index contributed by atoms with van der Waals surface area (Å²) in [5.41, 5.74) is 1.69. The van der Waals surface area contributed by atoms with Crippen molar-refractivity contribution in [3.05, 3.63) is 17.6 Å². The topological polar surface area (TPSA) is 98.6 Å². The molecule has 0 unspecified atom stereocenters. The second-order valence-corrected chi connectivity index (χ2v) is 4.87. The molecule has 0 radical (unpaired) electrons. The first kappa shape index (κ1) is 14.5. The number of amides is 1. The highest BCUT2D eigenvalue weighted by Crippen LogP contribution is 2.18. The molecule has 0 spiro atoms. The average Bonchev–Trinajstić information content (AvgIpc) is 2.80. The molecule has 1 aromatic heterocycles. The van der Waals surface area contributed by atoms with E-state index in [4.69, 9.17) is 5.11 Å². The van der Waals surface area contributed by atoms with Crippen molar-refractivity contribution in [2.75, 3.05) is 18.4 Å². The molecule has 1 saturated heterocycles. The van der Waals surface area contributed by atoms with Crippen molar-refractivity contribution in [2.24, 2.45) is 0 Å². The first-order valence-electron chi connectivity index (χ1n) is 6.82. The minimum Gasteiger partial charge on any atom is -0.465 e. The largest absolute Gasteiger partial charge is 0.465 e. The van der Waals surface area contributed by atoms with E-state index in [1.807, 2.05) is 13.8 Å². The zero-order valence-corrected chi connectivity index (χ0v) is 11.7. The van der Waals surface area contributed by atoms with Crippen LogP contribution in [0.2, 0.25) is 0 Å². The smallest absolute Gasteiger partial charge is 0.407 e. The van der Waals surface area contributed by atoms with Crippen LogP contribution in [0.15, 0.2) is 6.20 Å². The molecule has 0 saturated carbocycles. The maximum Gasteiger partial charge on any atom is 0.407 e. The quantitative estimate of drug-likeness (QED) is 0.752. The van der Waals surface area contributed by atoms with E-state index in [1.54, 1.807) is 6.20 Å². The number of rotatable bonds is 4. The molecule has 0 aliphatic carbocycles. The lowest BCUT2D eigenvalue weighted by Crippen LogP contribution is -2.33. The number of aromatic nitrogens is 2. The molecule has 2 atom stereocenters. The summed E-state index contributed by atoms with van der Waals surface area (Å²) in [6, 6.07) is -0.349. The molecule has 20 heavy (non-hydrogen) atoms. The summed E-state index contributed by atoms with van der Waals surface area (Å²) < 4.78 is 0. The normalized spacial score (nSPS) is 22.1. The average molecular weight is 280 g/mol. The number of hydrogen-bond donors (Lipinski definition) is 3. The molecule has 2 heterocycles. The van der Waals surface area contributed by atoms with Gasteiger partial charge in [-0.25, -0.2) is 9.78 Å². The first-order chi connectivity index (χ1) is 9.55. The van der Waals surface area contributed by atoms with Gasteiger partial charge in [0.1, 0.15) is 5.82 Å². The summed E-state index contributed by atoms with van der Waals surface area (Å²) >= 11 is 0. The molecule has 0 bridgehead atoms. The monoisotopic (exact) mass is 280 g/mol. The van der Waals surface area contributed by atoms with Crippen LogP contribution in [0.1, 0.15) is 25.2 Å². The van der Waals surface area contributed by atoms with Crippen LogP contribution >= 0.6 is 0 Å². The van der Waals surface area contributed by atoms with Gasteiger partial charge in [-0.2, -0.15) is 0 Å². The van der Waals surface area contributed by atoms with E-state index in [9.17, 15) is 9.90 Å². The Morgan fingerprint density at radius 3 is 2.75 bits per heavy atom. The fraction of sp³-hybridized carbons (Fsp3) is 0.615. The van der Waals surface area contributed by atoms with Gasteiger partial charge in [-0.15, -0.1) is 0 Å². The molecule has 1 aliphatic heterocycles. The Labute approximate surface area is 117 Å². The minimum absolute atomic E-state index is 0.120. The molecule has 1 aromatic rings. The molecule has 7 heteroatoms. The van der Waals surface area contributed by atoms with E-state index >= 15 is 0 Å². The number of likely N-dealkylation sites (tertiary alicyclic amines) is 1. The molecule has 1 amide bonds. The number of carbonyl (C=O) groups is 1. The number of aliphatic hydroxyl groups excluding tert-OH is 1. The van der Waals surface area contributed by atoms with E-state index in [0.29, 0.717) is 5.82 Å². The van der Waals surface area contributed by atoms with Crippen molar-refractivity contribution in [2.45, 2.75) is 38.8 Å². The van der Waals surface area contributed by atoms with Crippen LogP contribution in [0.3, 0.4) is 0 Å². The van der Waals surface area contributed by atoms with Crippen LogP contribution in [-0.2, 0) is 12.8 Å². The summed E-state index contributed by atoms with van der Waals surface area (Å²) in [6.45, 7) is 4.35. The molecule has 1 aliphatic rings. The summed E-state index contributed by atoms with van der Waals surface area (Å²) in [5, 5.41) is 22.0. The SMILES string of the molecule is CCc1cnc(CC)c(N[C@@H]2CN(C(=O)O)C[C@H]2O)n1. The number of aliphatic hydroxyl groups is 1. The fourth-order valence-electron chi connectivity index (χ4n) is 2.26. The van der Waals surface area contributed by atoms with Gasteiger partial charge in [-0.05, 0) is 12.8 Å². The minimum atomic E-state index is -1.02. The number of nitrogens with zero attached hydrogens (tertiary/aromatic N) is 3. The van der Waals surface area contributed by atoms with Crippen molar-refractivity contribution in [1.29, 1.82) is 0 Å². The number of anilines is 1. The van der Waals surface area contributed by atoms with Crippen molar-refractivity contribution in [3.63, 3.8) is 0 Å². The van der Waals surface area contributed by atoms with E-state index in [0.717, 1.165) is 24.2 Å². The van der Waals surface area contributed by atoms with E-state index in [2.05, 4.69) is 15.3 Å². The molecule has 3 N–H and O–H groups in total. The van der Waals surface area contributed by atoms with Crippen molar-refractivity contribution in [3.8, 4) is 0 Å². The molecule has 2 rings (SSSR count). The van der Waals surface area contributed by atoms with Crippen LogP contribution < -0.4 is 5.32 Å². The van der Waals surface area contributed by atoms with E-state index in [1.165, 1.54) is 4.90 Å². The summed E-state index contributed by atoms with van der Waals surface area (Å²) in [7, 11) is 0. The third kappa shape index (κ3) is 2.98. The van der Waals surface area contributed by atoms with Gasteiger partial charge >= 0.3 is 6.09 Å². The van der Waals surface area contributed by atoms with Crippen molar-refractivity contribution in [1.82, 2.24) is 14.9 Å². The lowest BCUT2D eigenvalue weighted by Gasteiger charge is -2.18. The summed E-state index contributed by atoms with van der Waals surface area (Å²) in [4.78, 5) is 21.0.